The molecular formula is C18H26ClN3O2. The summed E-state index contributed by atoms with van der Waals surface area (Å²) in [6.45, 7) is 3.53. The zero-order valence-corrected chi connectivity index (χ0v) is 15.2. The van der Waals surface area contributed by atoms with Gasteiger partial charge in [0, 0.05) is 13.1 Å². The second-order valence-electron chi connectivity index (χ2n) is 6.31. The Morgan fingerprint density at radius 2 is 2.08 bits per heavy atom. The molecule has 0 bridgehead atoms. The Morgan fingerprint density at radius 3 is 2.79 bits per heavy atom. The highest BCUT2D eigenvalue weighted by molar-refractivity contribution is 6.33. The number of carbonyl (C=O) groups is 2. The molecule has 1 saturated heterocycles. The minimum absolute atomic E-state index is 0.0225. The van der Waals surface area contributed by atoms with Crippen molar-refractivity contribution in [3.05, 3.63) is 29.3 Å². The number of rotatable bonds is 6. The lowest BCUT2D eigenvalue weighted by Crippen LogP contribution is -2.47. The number of para-hydroxylation sites is 1. The molecule has 1 fully saturated rings. The lowest BCUT2D eigenvalue weighted by Gasteiger charge is -2.35. The van der Waals surface area contributed by atoms with Crippen molar-refractivity contribution < 1.29 is 9.59 Å². The van der Waals surface area contributed by atoms with Crippen LogP contribution >= 0.6 is 11.6 Å². The molecule has 1 aromatic rings. The molecule has 1 heterocycles. The minimum Gasteiger partial charge on any atom is -0.335 e. The number of benzene rings is 1. The summed E-state index contributed by atoms with van der Waals surface area (Å²) in [5, 5.41) is 3.23. The first kappa shape index (κ1) is 18.7. The number of hydrogen-bond donors (Lipinski definition) is 1. The maximum absolute atomic E-state index is 12.4. The predicted molar refractivity (Wildman–Crippen MR) is 97.2 cm³/mol. The molecule has 0 radical (unpaired) electrons. The third-order valence-corrected chi connectivity index (χ3v) is 4.84. The zero-order valence-electron chi connectivity index (χ0n) is 14.4. The highest BCUT2D eigenvalue weighted by atomic mass is 35.5. The molecule has 1 aliphatic rings. The van der Waals surface area contributed by atoms with Crippen LogP contribution < -0.4 is 5.32 Å². The fourth-order valence-electron chi connectivity index (χ4n) is 3.08. The third-order valence-electron chi connectivity index (χ3n) is 4.51. The van der Waals surface area contributed by atoms with Crippen LogP contribution in [0, 0.1) is 0 Å². The Balaban J connectivity index is 1.84. The van der Waals surface area contributed by atoms with Crippen LogP contribution in [0.3, 0.4) is 0 Å². The molecule has 6 heteroatoms. The highest BCUT2D eigenvalue weighted by Crippen LogP contribution is 2.21. The molecule has 0 aliphatic carbocycles. The summed E-state index contributed by atoms with van der Waals surface area (Å²) >= 11 is 6.03. The first-order valence-electron chi connectivity index (χ1n) is 8.53. The number of halogens is 1. The molecule has 2 amide bonds. The summed E-state index contributed by atoms with van der Waals surface area (Å²) in [4.78, 5) is 28.2. The SMILES string of the molecule is CC[C@H]1CCCCN1CC(=O)N(C)CC(=O)Nc1ccccc1Cl. The molecule has 1 aromatic carbocycles. The number of likely N-dealkylation sites (tertiary alicyclic amines) is 1. The van der Waals surface area contributed by atoms with Crippen LogP contribution in [-0.2, 0) is 9.59 Å². The van der Waals surface area contributed by atoms with E-state index in [9.17, 15) is 9.59 Å². The van der Waals surface area contributed by atoms with Gasteiger partial charge in [0.25, 0.3) is 0 Å². The number of hydrogen-bond acceptors (Lipinski definition) is 3. The summed E-state index contributed by atoms with van der Waals surface area (Å²) in [5.41, 5.74) is 0.562. The number of likely N-dealkylation sites (N-methyl/N-ethyl adjacent to an activating group) is 1. The van der Waals surface area contributed by atoms with Crippen LogP contribution in [0.5, 0.6) is 0 Å². The Bertz CT molecular complexity index is 579. The molecule has 2 rings (SSSR count). The van der Waals surface area contributed by atoms with Crippen molar-refractivity contribution in [2.45, 2.75) is 38.6 Å². The van der Waals surface area contributed by atoms with Crippen molar-refractivity contribution in [2.24, 2.45) is 0 Å². The van der Waals surface area contributed by atoms with Gasteiger partial charge in [0.05, 0.1) is 23.8 Å². The van der Waals surface area contributed by atoms with Crippen LogP contribution in [-0.4, -0.2) is 54.3 Å². The molecule has 1 N–H and O–H groups in total. The van der Waals surface area contributed by atoms with Crippen molar-refractivity contribution in [3.63, 3.8) is 0 Å². The van der Waals surface area contributed by atoms with Gasteiger partial charge >= 0.3 is 0 Å². The second kappa shape index (κ2) is 9.04. The van der Waals surface area contributed by atoms with Crippen molar-refractivity contribution in [2.75, 3.05) is 32.0 Å². The van der Waals surface area contributed by atoms with E-state index >= 15 is 0 Å². The topological polar surface area (TPSA) is 52.7 Å². The Hall–Kier alpha value is -1.59. The van der Waals surface area contributed by atoms with Gasteiger partial charge in [0.1, 0.15) is 0 Å². The molecule has 5 nitrogen and oxygen atoms in total. The second-order valence-corrected chi connectivity index (χ2v) is 6.71. The lowest BCUT2D eigenvalue weighted by molar-refractivity contribution is -0.135. The van der Waals surface area contributed by atoms with Gasteiger partial charge in [-0.3, -0.25) is 14.5 Å². The van der Waals surface area contributed by atoms with Gasteiger partial charge in [0.2, 0.25) is 11.8 Å². The molecule has 1 atom stereocenters. The van der Waals surface area contributed by atoms with E-state index in [1.165, 1.54) is 11.3 Å². The lowest BCUT2D eigenvalue weighted by atomic mass is 10.00. The zero-order chi connectivity index (χ0) is 17.5. The fraction of sp³-hybridized carbons (Fsp3) is 0.556. The summed E-state index contributed by atoms with van der Waals surface area (Å²) in [6, 6.07) is 7.54. The van der Waals surface area contributed by atoms with Crippen LogP contribution in [0.4, 0.5) is 5.69 Å². The Labute approximate surface area is 149 Å². The molecule has 0 saturated carbocycles. The average Bonchev–Trinajstić information content (AvgIpc) is 2.57. The van der Waals surface area contributed by atoms with Crippen molar-refractivity contribution in [3.8, 4) is 0 Å². The quantitative estimate of drug-likeness (QED) is 0.857. The van der Waals surface area contributed by atoms with Gasteiger partial charge in [-0.2, -0.15) is 0 Å². The third kappa shape index (κ3) is 5.21. The monoisotopic (exact) mass is 351 g/mol. The number of nitrogens with zero attached hydrogens (tertiary/aromatic N) is 2. The minimum atomic E-state index is -0.246. The Morgan fingerprint density at radius 1 is 1.33 bits per heavy atom. The maximum Gasteiger partial charge on any atom is 0.244 e. The van der Waals surface area contributed by atoms with Gasteiger partial charge in [-0.05, 0) is 37.9 Å². The molecule has 24 heavy (non-hydrogen) atoms. The number of nitrogens with one attached hydrogen (secondary N) is 1. The van der Waals surface area contributed by atoms with E-state index in [-0.39, 0.29) is 18.4 Å². The van der Waals surface area contributed by atoms with Gasteiger partial charge in [-0.15, -0.1) is 0 Å². The standard InChI is InChI=1S/C18H26ClN3O2/c1-3-14-8-6-7-11-22(14)13-18(24)21(2)12-17(23)20-16-10-5-4-9-15(16)19/h4-5,9-10,14H,3,6-8,11-13H2,1-2H3,(H,20,23)/t14-/m0/s1. The molecule has 0 aromatic heterocycles. The summed E-state index contributed by atoms with van der Waals surface area (Å²) in [5.74, 6) is -0.269. The van der Waals surface area contributed by atoms with Gasteiger partial charge in [-0.25, -0.2) is 0 Å². The highest BCUT2D eigenvalue weighted by Gasteiger charge is 2.24. The summed E-state index contributed by atoms with van der Waals surface area (Å²) < 4.78 is 0. The molecule has 0 spiro atoms. The van der Waals surface area contributed by atoms with Crippen molar-refractivity contribution >= 4 is 29.1 Å². The van der Waals surface area contributed by atoms with Crippen LogP contribution in [0.2, 0.25) is 5.02 Å². The number of carbonyl (C=O) groups excluding carboxylic acids is 2. The molecule has 0 unspecified atom stereocenters. The number of anilines is 1. The molecular weight excluding hydrogens is 326 g/mol. The van der Waals surface area contributed by atoms with E-state index in [2.05, 4.69) is 17.1 Å². The molecule has 1 aliphatic heterocycles. The van der Waals surface area contributed by atoms with E-state index in [1.807, 2.05) is 0 Å². The van der Waals surface area contributed by atoms with Crippen LogP contribution in [0.15, 0.2) is 24.3 Å². The largest absolute Gasteiger partial charge is 0.335 e. The molecule has 132 valence electrons. The maximum atomic E-state index is 12.4. The smallest absolute Gasteiger partial charge is 0.244 e. The van der Waals surface area contributed by atoms with Crippen LogP contribution in [0.1, 0.15) is 32.6 Å². The average molecular weight is 352 g/mol. The van der Waals surface area contributed by atoms with E-state index in [4.69, 9.17) is 11.6 Å². The van der Waals surface area contributed by atoms with Gasteiger partial charge < -0.3 is 10.2 Å². The van der Waals surface area contributed by atoms with Gasteiger partial charge in [0.15, 0.2) is 0 Å². The van der Waals surface area contributed by atoms with Crippen LogP contribution in [0.25, 0.3) is 0 Å². The predicted octanol–water partition coefficient (Wildman–Crippen LogP) is 3.00. The van der Waals surface area contributed by atoms with Crippen molar-refractivity contribution in [1.29, 1.82) is 0 Å². The Kier molecular flexibility index (Phi) is 7.06. The van der Waals surface area contributed by atoms with E-state index in [0.29, 0.717) is 23.3 Å². The number of amides is 2. The first-order valence-corrected chi connectivity index (χ1v) is 8.91. The fourth-order valence-corrected chi connectivity index (χ4v) is 3.26. The van der Waals surface area contributed by atoms with E-state index < -0.39 is 0 Å². The van der Waals surface area contributed by atoms with Gasteiger partial charge in [-0.1, -0.05) is 37.1 Å². The van der Waals surface area contributed by atoms with E-state index in [1.54, 1.807) is 31.3 Å². The van der Waals surface area contributed by atoms with Crippen molar-refractivity contribution in [1.82, 2.24) is 9.80 Å². The normalized spacial score (nSPS) is 18.2. The summed E-state index contributed by atoms with van der Waals surface area (Å²) in [6.07, 6.45) is 4.59. The summed E-state index contributed by atoms with van der Waals surface area (Å²) in [7, 11) is 1.67. The number of piperidine rings is 1. The first-order chi connectivity index (χ1) is 11.5. The van der Waals surface area contributed by atoms with E-state index in [0.717, 1.165) is 25.8 Å².